The van der Waals surface area contributed by atoms with Gasteiger partial charge in [-0.15, -0.1) is 0 Å². The average molecular weight is 498 g/mol. The molecule has 3 heterocycles. The maximum atomic E-state index is 12.7. The zero-order chi connectivity index (χ0) is 25.1. The van der Waals surface area contributed by atoms with Crippen LogP contribution in [0.2, 0.25) is 25.7 Å². The Morgan fingerprint density at radius 2 is 2.11 bits per heavy atom. The SMILES string of the molecule is C[Si](C)(C)CCOCn1nc(/C=C/c2cnccn2)c2ccc(/C=C3/C(=O)NC4=CC=CCC43)cc21. The molecule has 1 aromatic carbocycles. The molecule has 2 aliphatic rings. The Labute approximate surface area is 212 Å². The molecule has 1 amide bonds. The lowest BCUT2D eigenvalue weighted by atomic mass is 9.91. The van der Waals surface area contributed by atoms with Crippen LogP contribution in [0.5, 0.6) is 0 Å². The first-order valence-corrected chi connectivity index (χ1v) is 16.0. The van der Waals surface area contributed by atoms with Crippen molar-refractivity contribution in [2.45, 2.75) is 38.8 Å². The van der Waals surface area contributed by atoms with E-state index in [-0.39, 0.29) is 11.8 Å². The maximum Gasteiger partial charge on any atom is 0.252 e. The van der Waals surface area contributed by atoms with Crippen molar-refractivity contribution in [1.82, 2.24) is 25.1 Å². The molecule has 0 bridgehead atoms. The maximum absolute atomic E-state index is 12.7. The Morgan fingerprint density at radius 3 is 2.92 bits per heavy atom. The number of allylic oxidation sites excluding steroid dienone is 4. The fourth-order valence-electron chi connectivity index (χ4n) is 4.38. The van der Waals surface area contributed by atoms with Crippen molar-refractivity contribution < 1.29 is 9.53 Å². The summed E-state index contributed by atoms with van der Waals surface area (Å²) < 4.78 is 7.94. The van der Waals surface area contributed by atoms with Gasteiger partial charge in [-0.2, -0.15) is 5.10 Å². The second kappa shape index (κ2) is 10.2. The number of rotatable bonds is 8. The highest BCUT2D eigenvalue weighted by Gasteiger charge is 2.32. The van der Waals surface area contributed by atoms with Gasteiger partial charge in [0.15, 0.2) is 0 Å². The molecule has 1 aliphatic carbocycles. The van der Waals surface area contributed by atoms with Crippen molar-refractivity contribution in [3.05, 3.63) is 83.2 Å². The third-order valence-corrected chi connectivity index (χ3v) is 8.09. The number of ether oxygens (including phenoxy) is 1. The molecular weight excluding hydrogens is 466 g/mol. The molecule has 8 heteroatoms. The van der Waals surface area contributed by atoms with Crippen LogP contribution in [-0.4, -0.2) is 40.3 Å². The minimum absolute atomic E-state index is 0.0224. The number of fused-ring (bicyclic) bond motifs is 2. The van der Waals surface area contributed by atoms with Crippen molar-refractivity contribution >= 4 is 43.1 Å². The molecule has 5 rings (SSSR count). The number of amides is 1. The van der Waals surface area contributed by atoms with E-state index in [4.69, 9.17) is 9.84 Å². The Morgan fingerprint density at radius 1 is 1.22 bits per heavy atom. The van der Waals surface area contributed by atoms with Crippen molar-refractivity contribution in [2.75, 3.05) is 6.61 Å². The average Bonchev–Trinajstić information content (AvgIpc) is 3.37. The van der Waals surface area contributed by atoms with Gasteiger partial charge in [0.25, 0.3) is 5.91 Å². The van der Waals surface area contributed by atoms with Crippen LogP contribution in [0.15, 0.2) is 66.3 Å². The highest BCUT2D eigenvalue weighted by Crippen LogP contribution is 2.34. The molecule has 0 spiro atoms. The van der Waals surface area contributed by atoms with Crippen LogP contribution >= 0.6 is 0 Å². The summed E-state index contributed by atoms with van der Waals surface area (Å²) in [7, 11) is -1.18. The van der Waals surface area contributed by atoms with Crippen LogP contribution in [0.3, 0.4) is 0 Å². The summed E-state index contributed by atoms with van der Waals surface area (Å²) in [6.45, 7) is 8.13. The lowest BCUT2D eigenvalue weighted by Gasteiger charge is -2.15. The van der Waals surface area contributed by atoms with Gasteiger partial charge in [-0.1, -0.05) is 37.9 Å². The zero-order valence-corrected chi connectivity index (χ0v) is 21.9. The van der Waals surface area contributed by atoms with Gasteiger partial charge < -0.3 is 10.1 Å². The molecule has 1 unspecified atom stereocenters. The van der Waals surface area contributed by atoms with Crippen molar-refractivity contribution in [3.8, 4) is 0 Å². The minimum Gasteiger partial charge on any atom is -0.360 e. The van der Waals surface area contributed by atoms with E-state index >= 15 is 0 Å². The van der Waals surface area contributed by atoms with Crippen LogP contribution in [0.1, 0.15) is 23.4 Å². The lowest BCUT2D eigenvalue weighted by Crippen LogP contribution is -2.22. The topological polar surface area (TPSA) is 81.9 Å². The third-order valence-electron chi connectivity index (χ3n) is 6.39. The first kappa shape index (κ1) is 24.1. The number of nitrogens with zero attached hydrogens (tertiary/aromatic N) is 4. The van der Waals surface area contributed by atoms with Crippen molar-refractivity contribution in [1.29, 1.82) is 0 Å². The number of carbonyl (C=O) groups is 1. The Hall–Kier alpha value is -3.62. The molecule has 1 fully saturated rings. The number of carbonyl (C=O) groups excluding carboxylic acids is 1. The Balaban J connectivity index is 1.47. The van der Waals surface area contributed by atoms with E-state index in [0.29, 0.717) is 6.73 Å². The second-order valence-corrected chi connectivity index (χ2v) is 16.0. The fourth-order valence-corrected chi connectivity index (χ4v) is 5.13. The van der Waals surface area contributed by atoms with Crippen LogP contribution < -0.4 is 5.32 Å². The lowest BCUT2D eigenvalue weighted by molar-refractivity contribution is -0.115. The van der Waals surface area contributed by atoms with Crippen LogP contribution in [0, 0.1) is 5.92 Å². The molecule has 1 aliphatic heterocycles. The highest BCUT2D eigenvalue weighted by molar-refractivity contribution is 6.76. The second-order valence-electron chi connectivity index (χ2n) is 10.4. The zero-order valence-electron chi connectivity index (χ0n) is 20.9. The van der Waals surface area contributed by atoms with Crippen LogP contribution in [-0.2, 0) is 16.3 Å². The van der Waals surface area contributed by atoms with Gasteiger partial charge in [-0.3, -0.25) is 14.8 Å². The van der Waals surface area contributed by atoms with Gasteiger partial charge in [0.05, 0.1) is 23.1 Å². The molecule has 0 radical (unpaired) electrons. The summed E-state index contributed by atoms with van der Waals surface area (Å²) in [6, 6.07) is 7.29. The van der Waals surface area contributed by atoms with E-state index in [1.54, 1.807) is 18.6 Å². The molecule has 2 aromatic heterocycles. The van der Waals surface area contributed by atoms with Gasteiger partial charge in [-0.25, -0.2) is 4.68 Å². The number of hydrogen-bond donors (Lipinski definition) is 1. The number of aromatic nitrogens is 4. The summed E-state index contributed by atoms with van der Waals surface area (Å²) in [4.78, 5) is 21.1. The monoisotopic (exact) mass is 497 g/mol. The van der Waals surface area contributed by atoms with Crippen LogP contribution in [0.25, 0.3) is 29.1 Å². The third kappa shape index (κ3) is 5.45. The number of nitrogens with one attached hydrogen (secondary N) is 1. The summed E-state index contributed by atoms with van der Waals surface area (Å²) >= 11 is 0. The Bertz CT molecular complexity index is 1400. The van der Waals surface area contributed by atoms with Crippen LogP contribution in [0.4, 0.5) is 0 Å². The first-order valence-electron chi connectivity index (χ1n) is 12.3. The van der Waals surface area contributed by atoms with E-state index in [1.807, 2.05) is 41.1 Å². The van der Waals surface area contributed by atoms with Gasteiger partial charge in [0.1, 0.15) is 6.73 Å². The predicted octanol–water partition coefficient (Wildman–Crippen LogP) is 5.28. The molecule has 7 nitrogen and oxygen atoms in total. The molecule has 1 atom stereocenters. The largest absolute Gasteiger partial charge is 0.360 e. The fraction of sp³-hybridized carbons (Fsp3) is 0.286. The Kier molecular flexibility index (Phi) is 6.80. The van der Waals surface area contributed by atoms with Gasteiger partial charge in [0, 0.05) is 49.6 Å². The molecule has 184 valence electrons. The quantitative estimate of drug-likeness (QED) is 0.260. The number of benzene rings is 1. The van der Waals surface area contributed by atoms with Gasteiger partial charge in [-0.05, 0) is 54.5 Å². The molecule has 0 saturated carbocycles. The van der Waals surface area contributed by atoms with E-state index in [9.17, 15) is 4.79 Å². The molecular formula is C28H31N5O2Si. The van der Waals surface area contributed by atoms with E-state index in [1.165, 1.54) is 0 Å². The summed E-state index contributed by atoms with van der Waals surface area (Å²) in [6.07, 6.45) is 17.8. The van der Waals surface area contributed by atoms with Crippen molar-refractivity contribution in [2.24, 2.45) is 5.92 Å². The summed E-state index contributed by atoms with van der Waals surface area (Å²) in [5, 5.41) is 8.86. The number of hydrogen-bond acceptors (Lipinski definition) is 5. The van der Waals surface area contributed by atoms with Gasteiger partial charge >= 0.3 is 0 Å². The summed E-state index contributed by atoms with van der Waals surface area (Å²) in [5.74, 6) is 0.0734. The minimum atomic E-state index is -1.18. The molecule has 3 aromatic rings. The van der Waals surface area contributed by atoms with Crippen molar-refractivity contribution in [3.63, 3.8) is 0 Å². The molecule has 1 N–H and O–H groups in total. The normalized spacial score (nSPS) is 18.8. The standard InChI is InChI=1S/C28H31N5O2Si/c1-36(2,3)15-14-35-19-33-27-17-20(16-24-22-6-4-5-7-25(22)31-28(24)34)8-10-23(27)26(32-33)11-9-21-18-29-12-13-30-21/h4-5,7-13,16-18,22H,6,14-15,19H2,1-3H3,(H,31,34)/b11-9+,24-16+. The smallest absolute Gasteiger partial charge is 0.252 e. The highest BCUT2D eigenvalue weighted by atomic mass is 28.3. The van der Waals surface area contributed by atoms with E-state index in [0.717, 1.165) is 58.2 Å². The molecule has 1 saturated heterocycles. The van der Waals surface area contributed by atoms with Gasteiger partial charge in [0.2, 0.25) is 0 Å². The summed E-state index contributed by atoms with van der Waals surface area (Å²) in [5.41, 5.74) is 5.32. The predicted molar refractivity (Wildman–Crippen MR) is 146 cm³/mol. The van der Waals surface area contributed by atoms with E-state index < -0.39 is 8.07 Å². The molecule has 36 heavy (non-hydrogen) atoms. The first-order chi connectivity index (χ1) is 17.4. The van der Waals surface area contributed by atoms with E-state index in [2.05, 4.69) is 53.1 Å².